The molecule has 0 radical (unpaired) electrons. The number of benzene rings is 3. The predicted octanol–water partition coefficient (Wildman–Crippen LogP) is 6.74. The van der Waals surface area contributed by atoms with Gasteiger partial charge in [-0.2, -0.15) is 0 Å². The van der Waals surface area contributed by atoms with Crippen molar-refractivity contribution in [2.75, 3.05) is 7.11 Å². The molecule has 6 heteroatoms. The number of methoxy groups -OCH3 is 1. The van der Waals surface area contributed by atoms with Gasteiger partial charge in [-0.1, -0.05) is 92.8 Å². The van der Waals surface area contributed by atoms with E-state index in [0.717, 1.165) is 53.3 Å². The predicted molar refractivity (Wildman–Crippen MR) is 162 cm³/mol. The molecule has 212 valence electrons. The van der Waals surface area contributed by atoms with E-state index >= 15 is 0 Å². The van der Waals surface area contributed by atoms with Gasteiger partial charge >= 0.3 is 0 Å². The summed E-state index contributed by atoms with van der Waals surface area (Å²) in [6.45, 7) is 2.64. The number of nitrogens with one attached hydrogen (secondary N) is 1. The molecule has 0 spiro atoms. The Morgan fingerprint density at radius 1 is 0.927 bits per heavy atom. The Morgan fingerprint density at radius 2 is 1.63 bits per heavy atom. The Balaban J connectivity index is 1.53. The SMILES string of the molecule is COc1ccccc1CN1C(=O)c2cc3ccc(C)cc3n2CC1(C(=O)NC1CCCCCCC1)c1ccccc1. The summed E-state index contributed by atoms with van der Waals surface area (Å²) < 4.78 is 7.75. The topological polar surface area (TPSA) is 63.6 Å². The van der Waals surface area contributed by atoms with Gasteiger partial charge in [0.15, 0.2) is 5.54 Å². The second-order valence-electron chi connectivity index (χ2n) is 11.6. The average molecular weight is 550 g/mol. The number of rotatable bonds is 6. The number of para-hydroxylation sites is 1. The van der Waals surface area contributed by atoms with Gasteiger partial charge in [0.1, 0.15) is 11.4 Å². The highest BCUT2D eigenvalue weighted by Gasteiger charge is 2.53. The Kier molecular flexibility index (Phi) is 7.57. The molecule has 4 aromatic rings. The van der Waals surface area contributed by atoms with Crippen LogP contribution in [0, 0.1) is 6.92 Å². The molecule has 6 nitrogen and oxygen atoms in total. The fourth-order valence-corrected chi connectivity index (χ4v) is 6.74. The summed E-state index contributed by atoms with van der Waals surface area (Å²) in [4.78, 5) is 31.3. The van der Waals surface area contributed by atoms with Crippen LogP contribution in [0.5, 0.6) is 5.75 Å². The summed E-state index contributed by atoms with van der Waals surface area (Å²) in [6, 6.07) is 25.9. The lowest BCUT2D eigenvalue weighted by molar-refractivity contribution is -0.136. The molecule has 1 unspecified atom stereocenters. The summed E-state index contributed by atoms with van der Waals surface area (Å²) in [5.74, 6) is 0.426. The lowest BCUT2D eigenvalue weighted by atomic mass is 9.83. The van der Waals surface area contributed by atoms with Crippen LogP contribution in [0.1, 0.15) is 72.1 Å². The first kappa shape index (κ1) is 27.1. The standard InChI is InChI=1S/C35H39N3O3/c1-25-19-20-26-22-31-33(39)38(23-27-13-11-12-18-32(27)41-2)35(24-37(31)30(26)21-25,28-14-7-6-8-15-28)34(40)36-29-16-9-4-3-5-10-17-29/h6-8,11-15,18-22,29H,3-5,9-10,16-17,23-24H2,1-2H3,(H,36,40). The van der Waals surface area contributed by atoms with Crippen LogP contribution in [0.3, 0.4) is 0 Å². The number of aromatic nitrogens is 1. The molecule has 6 rings (SSSR count). The average Bonchev–Trinajstić information content (AvgIpc) is 3.34. The monoisotopic (exact) mass is 549 g/mol. The quantitative estimate of drug-likeness (QED) is 0.290. The number of hydrogen-bond donors (Lipinski definition) is 1. The lowest BCUT2D eigenvalue weighted by Gasteiger charge is -2.47. The minimum absolute atomic E-state index is 0.0941. The van der Waals surface area contributed by atoms with Crippen molar-refractivity contribution in [1.29, 1.82) is 0 Å². The zero-order chi connectivity index (χ0) is 28.4. The van der Waals surface area contributed by atoms with Gasteiger partial charge in [-0.05, 0) is 49.1 Å². The third kappa shape index (κ3) is 5.01. The molecule has 1 saturated carbocycles. The van der Waals surface area contributed by atoms with Gasteiger partial charge in [0.25, 0.3) is 11.8 Å². The third-order valence-corrected chi connectivity index (χ3v) is 8.96. The fourth-order valence-electron chi connectivity index (χ4n) is 6.74. The van der Waals surface area contributed by atoms with Gasteiger partial charge in [0, 0.05) is 22.5 Å². The largest absolute Gasteiger partial charge is 0.496 e. The van der Waals surface area contributed by atoms with Crippen molar-refractivity contribution < 1.29 is 14.3 Å². The molecule has 1 aromatic heterocycles. The number of nitrogens with zero attached hydrogens (tertiary/aromatic N) is 2. The molecule has 2 aliphatic rings. The number of carbonyl (C=O) groups is 2. The number of aryl methyl sites for hydroxylation is 1. The van der Waals surface area contributed by atoms with E-state index in [2.05, 4.69) is 35.0 Å². The van der Waals surface area contributed by atoms with E-state index in [4.69, 9.17) is 4.74 Å². The number of amides is 2. The van der Waals surface area contributed by atoms with Crippen molar-refractivity contribution in [2.45, 2.75) is 76.5 Å². The summed E-state index contributed by atoms with van der Waals surface area (Å²) in [5.41, 5.74) is 3.13. The highest BCUT2D eigenvalue weighted by atomic mass is 16.5. The maximum absolute atomic E-state index is 14.9. The van der Waals surface area contributed by atoms with Crippen LogP contribution in [0.25, 0.3) is 10.9 Å². The number of ether oxygens (including phenoxy) is 1. The number of fused-ring (bicyclic) bond motifs is 3. The zero-order valence-corrected chi connectivity index (χ0v) is 24.1. The summed E-state index contributed by atoms with van der Waals surface area (Å²) in [6.07, 6.45) is 7.82. The Morgan fingerprint density at radius 3 is 2.39 bits per heavy atom. The van der Waals surface area contributed by atoms with Crippen LogP contribution < -0.4 is 10.1 Å². The molecular formula is C35H39N3O3. The molecule has 1 aliphatic carbocycles. The summed E-state index contributed by atoms with van der Waals surface area (Å²) in [7, 11) is 1.64. The third-order valence-electron chi connectivity index (χ3n) is 8.96. The Bertz CT molecular complexity index is 1550. The van der Waals surface area contributed by atoms with E-state index in [9.17, 15) is 9.59 Å². The van der Waals surface area contributed by atoms with Gasteiger partial charge in [0.2, 0.25) is 0 Å². The molecular weight excluding hydrogens is 510 g/mol. The van der Waals surface area contributed by atoms with Gasteiger partial charge in [-0.25, -0.2) is 0 Å². The normalized spacial score (nSPS) is 19.9. The lowest BCUT2D eigenvalue weighted by Crippen LogP contribution is -2.64. The van der Waals surface area contributed by atoms with E-state index in [1.807, 2.05) is 60.7 Å². The van der Waals surface area contributed by atoms with Gasteiger partial charge in [-0.3, -0.25) is 9.59 Å². The van der Waals surface area contributed by atoms with Crippen LogP contribution in [-0.2, 0) is 23.4 Å². The molecule has 0 saturated heterocycles. The van der Waals surface area contributed by atoms with Gasteiger partial charge < -0.3 is 19.5 Å². The first-order valence-electron chi connectivity index (χ1n) is 14.9. The van der Waals surface area contributed by atoms with Crippen molar-refractivity contribution in [1.82, 2.24) is 14.8 Å². The van der Waals surface area contributed by atoms with E-state index in [1.54, 1.807) is 12.0 Å². The van der Waals surface area contributed by atoms with Crippen LogP contribution in [0.2, 0.25) is 0 Å². The zero-order valence-electron chi connectivity index (χ0n) is 24.1. The molecule has 1 atom stereocenters. The Hall–Kier alpha value is -4.06. The molecule has 41 heavy (non-hydrogen) atoms. The second-order valence-corrected chi connectivity index (χ2v) is 11.6. The number of hydrogen-bond acceptors (Lipinski definition) is 3. The van der Waals surface area contributed by atoms with E-state index in [-0.39, 0.29) is 24.4 Å². The highest BCUT2D eigenvalue weighted by molar-refractivity contribution is 6.04. The van der Waals surface area contributed by atoms with Crippen LogP contribution in [0.15, 0.2) is 78.9 Å². The number of carbonyl (C=O) groups excluding carboxylic acids is 2. The highest BCUT2D eigenvalue weighted by Crippen LogP contribution is 2.41. The first-order chi connectivity index (χ1) is 20.0. The minimum atomic E-state index is -1.25. The van der Waals surface area contributed by atoms with E-state index in [0.29, 0.717) is 18.0 Å². The summed E-state index contributed by atoms with van der Waals surface area (Å²) >= 11 is 0. The molecule has 2 heterocycles. The van der Waals surface area contributed by atoms with Gasteiger partial charge in [-0.15, -0.1) is 0 Å². The van der Waals surface area contributed by atoms with E-state index in [1.165, 1.54) is 19.3 Å². The van der Waals surface area contributed by atoms with E-state index < -0.39 is 5.54 Å². The fraction of sp³-hybridized carbons (Fsp3) is 0.371. The van der Waals surface area contributed by atoms with Crippen molar-refractivity contribution in [3.05, 3.63) is 101 Å². The maximum Gasteiger partial charge on any atom is 0.272 e. The van der Waals surface area contributed by atoms with Crippen molar-refractivity contribution in [3.63, 3.8) is 0 Å². The van der Waals surface area contributed by atoms with Crippen molar-refractivity contribution >= 4 is 22.7 Å². The molecule has 1 N–H and O–H groups in total. The molecule has 1 fully saturated rings. The molecule has 3 aromatic carbocycles. The van der Waals surface area contributed by atoms with Crippen molar-refractivity contribution in [3.8, 4) is 5.75 Å². The summed E-state index contributed by atoms with van der Waals surface area (Å²) in [5, 5.41) is 4.47. The molecule has 1 aliphatic heterocycles. The van der Waals surface area contributed by atoms with Crippen LogP contribution in [0.4, 0.5) is 0 Å². The minimum Gasteiger partial charge on any atom is -0.496 e. The van der Waals surface area contributed by atoms with Gasteiger partial charge in [0.05, 0.1) is 20.2 Å². The smallest absolute Gasteiger partial charge is 0.272 e. The second kappa shape index (κ2) is 11.4. The molecule has 2 amide bonds. The first-order valence-corrected chi connectivity index (χ1v) is 14.9. The maximum atomic E-state index is 14.9. The molecule has 0 bridgehead atoms. The van der Waals surface area contributed by atoms with Crippen molar-refractivity contribution in [2.24, 2.45) is 0 Å². The van der Waals surface area contributed by atoms with Crippen LogP contribution >= 0.6 is 0 Å². The van der Waals surface area contributed by atoms with Crippen LogP contribution in [-0.4, -0.2) is 34.4 Å². The Labute approximate surface area is 242 Å².